The maximum Gasteiger partial charge on any atom is 0.120 e. The van der Waals surface area contributed by atoms with Gasteiger partial charge in [-0.05, 0) is 48.9 Å². The Morgan fingerprint density at radius 2 is 1.75 bits per heavy atom. The number of aliphatic hydroxyl groups is 1. The molecule has 2 N–H and O–H groups in total. The Morgan fingerprint density at radius 3 is 2.50 bits per heavy atom. The summed E-state index contributed by atoms with van der Waals surface area (Å²) in [5, 5.41) is 14.9. The third kappa shape index (κ3) is 3.33. The van der Waals surface area contributed by atoms with Gasteiger partial charge in [0.1, 0.15) is 12.4 Å². The predicted octanol–water partition coefficient (Wildman–Crippen LogP) is 3.76. The Balaban J connectivity index is 1.49. The number of piperidine rings is 2. The molecule has 4 rings (SSSR count). The first-order valence-corrected chi connectivity index (χ1v) is 8.97. The van der Waals surface area contributed by atoms with Crippen LogP contribution in [0.3, 0.4) is 0 Å². The second-order valence-corrected chi connectivity index (χ2v) is 7.23. The topological polar surface area (TPSA) is 41.5 Å². The number of rotatable bonds is 4. The first-order chi connectivity index (χ1) is 11.7. The zero-order valence-electron chi connectivity index (χ0n) is 13.9. The maximum atomic E-state index is 11.3. The van der Waals surface area contributed by atoms with Crippen molar-refractivity contribution in [2.24, 2.45) is 0 Å². The summed E-state index contributed by atoms with van der Waals surface area (Å²) >= 11 is 0. The van der Waals surface area contributed by atoms with Gasteiger partial charge in [-0.3, -0.25) is 0 Å². The molecule has 2 saturated heterocycles. The molecular weight excluding hydrogens is 298 g/mol. The Labute approximate surface area is 143 Å². The number of hydrogen-bond donors (Lipinski definition) is 2. The Bertz CT molecular complexity index is 673. The van der Waals surface area contributed by atoms with Crippen LogP contribution in [0.25, 0.3) is 0 Å². The molecule has 2 aliphatic heterocycles. The first kappa shape index (κ1) is 15.7. The molecule has 24 heavy (non-hydrogen) atoms. The standard InChI is InChI=1S/C21H25NO2/c23-21(13-18-9-5-10-19(14-21)22-18)17-8-4-11-20(12-17)24-15-16-6-2-1-3-7-16/h1-4,6-8,11-12,18-19,22-23H,5,9-10,13-15H2. The third-order valence-electron chi connectivity index (χ3n) is 5.36. The summed E-state index contributed by atoms with van der Waals surface area (Å²) in [5.41, 5.74) is 1.41. The summed E-state index contributed by atoms with van der Waals surface area (Å²) in [5.74, 6) is 0.827. The van der Waals surface area contributed by atoms with Crippen molar-refractivity contribution in [2.75, 3.05) is 0 Å². The monoisotopic (exact) mass is 323 g/mol. The van der Waals surface area contributed by atoms with Crippen molar-refractivity contribution in [3.63, 3.8) is 0 Å². The maximum absolute atomic E-state index is 11.3. The fourth-order valence-corrected chi connectivity index (χ4v) is 4.18. The molecule has 2 atom stereocenters. The zero-order chi connectivity index (χ0) is 16.4. The van der Waals surface area contributed by atoms with E-state index in [1.54, 1.807) is 0 Å². The highest BCUT2D eigenvalue weighted by Crippen LogP contribution is 2.40. The highest BCUT2D eigenvalue weighted by atomic mass is 16.5. The molecule has 2 fully saturated rings. The second kappa shape index (κ2) is 6.58. The molecule has 3 heteroatoms. The number of fused-ring (bicyclic) bond motifs is 2. The molecule has 2 aliphatic rings. The van der Waals surface area contributed by atoms with E-state index < -0.39 is 5.60 Å². The van der Waals surface area contributed by atoms with Crippen molar-refractivity contribution >= 4 is 0 Å². The molecule has 2 unspecified atom stereocenters. The van der Waals surface area contributed by atoms with Gasteiger partial charge in [-0.25, -0.2) is 0 Å². The van der Waals surface area contributed by atoms with E-state index in [9.17, 15) is 5.11 Å². The molecule has 2 aromatic carbocycles. The summed E-state index contributed by atoms with van der Waals surface area (Å²) in [6.45, 7) is 0.551. The van der Waals surface area contributed by atoms with Crippen LogP contribution in [0.1, 0.15) is 43.2 Å². The quantitative estimate of drug-likeness (QED) is 0.900. The van der Waals surface area contributed by atoms with Crippen LogP contribution in [-0.4, -0.2) is 17.2 Å². The van der Waals surface area contributed by atoms with Gasteiger partial charge < -0.3 is 15.2 Å². The molecule has 2 bridgehead atoms. The predicted molar refractivity (Wildman–Crippen MR) is 94.9 cm³/mol. The first-order valence-electron chi connectivity index (χ1n) is 8.97. The van der Waals surface area contributed by atoms with E-state index in [1.165, 1.54) is 19.3 Å². The highest BCUT2D eigenvalue weighted by Gasteiger charge is 2.41. The van der Waals surface area contributed by atoms with Gasteiger partial charge in [-0.15, -0.1) is 0 Å². The van der Waals surface area contributed by atoms with Crippen LogP contribution < -0.4 is 10.1 Å². The molecule has 3 nitrogen and oxygen atoms in total. The Kier molecular flexibility index (Phi) is 4.30. The van der Waals surface area contributed by atoms with Crippen molar-refractivity contribution < 1.29 is 9.84 Å². The number of benzene rings is 2. The van der Waals surface area contributed by atoms with E-state index in [0.29, 0.717) is 18.7 Å². The lowest BCUT2D eigenvalue weighted by molar-refractivity contribution is -0.0360. The molecular formula is C21H25NO2. The summed E-state index contributed by atoms with van der Waals surface area (Å²) in [4.78, 5) is 0. The molecule has 126 valence electrons. The molecule has 0 amide bonds. The van der Waals surface area contributed by atoms with Crippen LogP contribution >= 0.6 is 0 Å². The van der Waals surface area contributed by atoms with Gasteiger partial charge in [0.2, 0.25) is 0 Å². The third-order valence-corrected chi connectivity index (χ3v) is 5.36. The van der Waals surface area contributed by atoms with Crippen LogP contribution in [0.15, 0.2) is 54.6 Å². The Hall–Kier alpha value is -1.84. The van der Waals surface area contributed by atoms with Gasteiger partial charge in [0.25, 0.3) is 0 Å². The van der Waals surface area contributed by atoms with E-state index in [-0.39, 0.29) is 0 Å². The summed E-state index contributed by atoms with van der Waals surface area (Å²) in [6.07, 6.45) is 5.21. The summed E-state index contributed by atoms with van der Waals surface area (Å²) < 4.78 is 5.94. The van der Waals surface area contributed by atoms with Crippen molar-refractivity contribution in [2.45, 2.75) is 56.4 Å². The van der Waals surface area contributed by atoms with Gasteiger partial charge in [-0.2, -0.15) is 0 Å². The van der Waals surface area contributed by atoms with Crippen LogP contribution in [-0.2, 0) is 12.2 Å². The minimum atomic E-state index is -0.729. The SMILES string of the molecule is OC1(c2cccc(OCc3ccccc3)c2)CC2CCCC(C1)N2. The largest absolute Gasteiger partial charge is 0.489 e. The summed E-state index contributed by atoms with van der Waals surface area (Å²) in [7, 11) is 0. The van der Waals surface area contributed by atoms with Crippen molar-refractivity contribution in [1.82, 2.24) is 5.32 Å². The van der Waals surface area contributed by atoms with Crippen molar-refractivity contribution in [3.8, 4) is 5.75 Å². The van der Waals surface area contributed by atoms with Gasteiger partial charge in [-0.1, -0.05) is 48.9 Å². The van der Waals surface area contributed by atoms with Crippen molar-refractivity contribution in [3.05, 3.63) is 65.7 Å². The average Bonchev–Trinajstić information content (AvgIpc) is 2.61. The molecule has 2 aromatic rings. The van der Waals surface area contributed by atoms with Crippen LogP contribution in [0, 0.1) is 0 Å². The lowest BCUT2D eigenvalue weighted by atomic mass is 9.74. The Morgan fingerprint density at radius 1 is 1.00 bits per heavy atom. The smallest absolute Gasteiger partial charge is 0.120 e. The fourth-order valence-electron chi connectivity index (χ4n) is 4.18. The minimum absolute atomic E-state index is 0.441. The zero-order valence-corrected chi connectivity index (χ0v) is 13.9. The van der Waals surface area contributed by atoms with E-state index >= 15 is 0 Å². The lowest BCUT2D eigenvalue weighted by Gasteiger charge is -2.45. The molecule has 2 heterocycles. The molecule has 0 radical (unpaired) electrons. The van der Waals surface area contributed by atoms with Crippen LogP contribution in [0.5, 0.6) is 5.75 Å². The van der Waals surface area contributed by atoms with Crippen LogP contribution in [0.4, 0.5) is 0 Å². The van der Waals surface area contributed by atoms with Gasteiger partial charge >= 0.3 is 0 Å². The van der Waals surface area contributed by atoms with Crippen molar-refractivity contribution in [1.29, 1.82) is 0 Å². The fraction of sp³-hybridized carbons (Fsp3) is 0.429. The summed E-state index contributed by atoms with van der Waals surface area (Å²) in [6, 6.07) is 19.1. The average molecular weight is 323 g/mol. The van der Waals surface area contributed by atoms with E-state index in [4.69, 9.17) is 4.74 Å². The lowest BCUT2D eigenvalue weighted by Crippen LogP contribution is -2.54. The highest BCUT2D eigenvalue weighted by molar-refractivity contribution is 5.33. The van der Waals surface area contributed by atoms with Gasteiger partial charge in [0, 0.05) is 12.1 Å². The molecule has 0 spiro atoms. The van der Waals surface area contributed by atoms with Gasteiger partial charge in [0.15, 0.2) is 0 Å². The van der Waals surface area contributed by atoms with Gasteiger partial charge in [0.05, 0.1) is 5.60 Å². The number of ether oxygens (including phenoxy) is 1. The van der Waals surface area contributed by atoms with E-state index in [2.05, 4.69) is 17.4 Å². The number of hydrogen-bond acceptors (Lipinski definition) is 3. The molecule has 0 aromatic heterocycles. The van der Waals surface area contributed by atoms with E-state index in [0.717, 1.165) is 29.7 Å². The molecule has 0 saturated carbocycles. The minimum Gasteiger partial charge on any atom is -0.489 e. The number of nitrogens with one attached hydrogen (secondary N) is 1. The van der Waals surface area contributed by atoms with E-state index in [1.807, 2.05) is 42.5 Å². The van der Waals surface area contributed by atoms with Crippen LogP contribution in [0.2, 0.25) is 0 Å². The normalized spacial score (nSPS) is 29.2. The molecule has 0 aliphatic carbocycles. The second-order valence-electron chi connectivity index (χ2n) is 7.23.